The molecule has 0 aliphatic heterocycles. The third kappa shape index (κ3) is 1.91. The molecular weight excluding hydrogens is 210 g/mol. The standard InChI is InChI=1S/C11H18ClN3/c1-14(2)11(4-3-5-11)8-15-9-13-7-10(15)6-12/h7,9H,3-6,8H2,1-2H3. The molecule has 0 saturated heterocycles. The number of alkyl halides is 1. The Bertz CT molecular complexity index is 328. The molecule has 4 heteroatoms. The zero-order valence-electron chi connectivity index (χ0n) is 9.41. The van der Waals surface area contributed by atoms with Crippen LogP contribution in [0.2, 0.25) is 0 Å². The fourth-order valence-electron chi connectivity index (χ4n) is 2.25. The smallest absolute Gasteiger partial charge is 0.0949 e. The van der Waals surface area contributed by atoms with Crippen LogP contribution in [-0.4, -0.2) is 34.1 Å². The minimum Gasteiger partial charge on any atom is -0.332 e. The lowest BCUT2D eigenvalue weighted by Gasteiger charge is -2.47. The monoisotopic (exact) mass is 227 g/mol. The Morgan fingerprint density at radius 2 is 2.27 bits per heavy atom. The van der Waals surface area contributed by atoms with Gasteiger partial charge in [0.15, 0.2) is 0 Å². The number of halogens is 1. The van der Waals surface area contributed by atoms with Crippen molar-refractivity contribution in [1.82, 2.24) is 14.5 Å². The third-order valence-electron chi connectivity index (χ3n) is 3.63. The maximum atomic E-state index is 5.87. The first-order chi connectivity index (χ1) is 7.18. The maximum Gasteiger partial charge on any atom is 0.0949 e. The summed E-state index contributed by atoms with van der Waals surface area (Å²) in [7, 11) is 4.33. The van der Waals surface area contributed by atoms with Gasteiger partial charge in [-0.1, -0.05) is 0 Å². The quantitative estimate of drug-likeness (QED) is 0.735. The number of nitrogens with zero attached hydrogens (tertiary/aromatic N) is 3. The molecule has 15 heavy (non-hydrogen) atoms. The molecule has 1 aromatic heterocycles. The molecule has 0 N–H and O–H groups in total. The van der Waals surface area contributed by atoms with Gasteiger partial charge >= 0.3 is 0 Å². The second kappa shape index (κ2) is 4.14. The first kappa shape index (κ1) is 11.0. The molecule has 84 valence electrons. The molecule has 1 saturated carbocycles. The van der Waals surface area contributed by atoms with E-state index in [4.69, 9.17) is 11.6 Å². The van der Waals surface area contributed by atoms with Crippen molar-refractivity contribution in [2.24, 2.45) is 0 Å². The van der Waals surface area contributed by atoms with Crippen molar-refractivity contribution in [3.63, 3.8) is 0 Å². The van der Waals surface area contributed by atoms with Gasteiger partial charge in [-0.3, -0.25) is 0 Å². The van der Waals surface area contributed by atoms with Gasteiger partial charge in [0.05, 0.1) is 17.9 Å². The van der Waals surface area contributed by atoms with Gasteiger partial charge < -0.3 is 9.47 Å². The summed E-state index contributed by atoms with van der Waals surface area (Å²) in [5, 5.41) is 0. The van der Waals surface area contributed by atoms with Gasteiger partial charge in [0.2, 0.25) is 0 Å². The number of hydrogen-bond acceptors (Lipinski definition) is 2. The Kier molecular flexibility index (Phi) is 3.03. The van der Waals surface area contributed by atoms with Gasteiger partial charge in [0.1, 0.15) is 0 Å². The summed E-state index contributed by atoms with van der Waals surface area (Å²) in [4.78, 5) is 6.50. The van der Waals surface area contributed by atoms with Crippen molar-refractivity contribution in [2.45, 2.75) is 37.2 Å². The lowest BCUT2D eigenvalue weighted by Crippen LogP contribution is -2.53. The van der Waals surface area contributed by atoms with E-state index in [1.165, 1.54) is 19.3 Å². The molecule has 0 aromatic carbocycles. The van der Waals surface area contributed by atoms with E-state index in [2.05, 4.69) is 28.5 Å². The molecule has 0 spiro atoms. The summed E-state index contributed by atoms with van der Waals surface area (Å²) >= 11 is 5.87. The lowest BCUT2D eigenvalue weighted by atomic mass is 9.75. The molecule has 0 bridgehead atoms. The second-order valence-electron chi connectivity index (χ2n) is 4.62. The van der Waals surface area contributed by atoms with Crippen molar-refractivity contribution >= 4 is 11.6 Å². The molecule has 1 heterocycles. The molecule has 1 aliphatic carbocycles. The first-order valence-corrected chi connectivity index (χ1v) is 5.94. The van der Waals surface area contributed by atoms with E-state index in [0.717, 1.165) is 12.2 Å². The Morgan fingerprint density at radius 1 is 1.53 bits per heavy atom. The maximum absolute atomic E-state index is 5.87. The van der Waals surface area contributed by atoms with Crippen LogP contribution < -0.4 is 0 Å². The predicted octanol–water partition coefficient (Wildman–Crippen LogP) is 2.11. The van der Waals surface area contributed by atoms with Gasteiger partial charge in [-0.05, 0) is 33.4 Å². The predicted molar refractivity (Wildman–Crippen MR) is 62.1 cm³/mol. The van der Waals surface area contributed by atoms with E-state index in [-0.39, 0.29) is 0 Å². The van der Waals surface area contributed by atoms with E-state index in [0.29, 0.717) is 11.4 Å². The van der Waals surface area contributed by atoms with Gasteiger partial charge in [-0.15, -0.1) is 11.6 Å². The average Bonchev–Trinajstić information content (AvgIpc) is 2.57. The molecule has 1 fully saturated rings. The summed E-state index contributed by atoms with van der Waals surface area (Å²) in [6.45, 7) is 1.02. The van der Waals surface area contributed by atoms with E-state index >= 15 is 0 Å². The number of rotatable bonds is 4. The molecule has 1 aliphatic rings. The summed E-state index contributed by atoms with van der Waals surface area (Å²) in [5.74, 6) is 0.545. The van der Waals surface area contributed by atoms with Gasteiger partial charge in [-0.25, -0.2) is 4.98 Å². The molecule has 0 radical (unpaired) electrons. The molecule has 0 amide bonds. The fourth-order valence-corrected chi connectivity index (χ4v) is 2.47. The highest BCUT2D eigenvalue weighted by Crippen LogP contribution is 2.37. The van der Waals surface area contributed by atoms with Crippen LogP contribution in [0.4, 0.5) is 0 Å². The Labute approximate surface area is 96.0 Å². The van der Waals surface area contributed by atoms with Crippen LogP contribution in [0, 0.1) is 0 Å². The van der Waals surface area contributed by atoms with E-state index in [1.807, 2.05) is 12.5 Å². The Balaban J connectivity index is 2.13. The van der Waals surface area contributed by atoms with Crippen LogP contribution in [0.15, 0.2) is 12.5 Å². The SMILES string of the molecule is CN(C)C1(Cn2cncc2CCl)CCC1. The highest BCUT2D eigenvalue weighted by atomic mass is 35.5. The average molecular weight is 228 g/mol. The number of aromatic nitrogens is 2. The highest BCUT2D eigenvalue weighted by molar-refractivity contribution is 6.16. The first-order valence-electron chi connectivity index (χ1n) is 5.40. The zero-order chi connectivity index (χ0) is 10.9. The van der Waals surface area contributed by atoms with Crippen LogP contribution >= 0.6 is 11.6 Å². The van der Waals surface area contributed by atoms with E-state index < -0.39 is 0 Å². The Hall–Kier alpha value is -0.540. The van der Waals surface area contributed by atoms with Crippen molar-refractivity contribution in [3.05, 3.63) is 18.2 Å². The van der Waals surface area contributed by atoms with Crippen LogP contribution in [-0.2, 0) is 12.4 Å². The number of hydrogen-bond donors (Lipinski definition) is 0. The van der Waals surface area contributed by atoms with Gasteiger partial charge in [0.25, 0.3) is 0 Å². The summed E-state index contributed by atoms with van der Waals surface area (Å²) in [6.07, 6.45) is 7.64. The van der Waals surface area contributed by atoms with Crippen molar-refractivity contribution in [1.29, 1.82) is 0 Å². The molecule has 1 aromatic rings. The van der Waals surface area contributed by atoms with E-state index in [1.54, 1.807) is 0 Å². The molecular formula is C11H18ClN3. The summed E-state index contributed by atoms with van der Waals surface area (Å²) in [6, 6.07) is 0. The fraction of sp³-hybridized carbons (Fsp3) is 0.727. The topological polar surface area (TPSA) is 21.1 Å². The lowest BCUT2D eigenvalue weighted by molar-refractivity contribution is 0.0418. The van der Waals surface area contributed by atoms with Crippen LogP contribution in [0.3, 0.4) is 0 Å². The third-order valence-corrected chi connectivity index (χ3v) is 3.91. The van der Waals surface area contributed by atoms with Crippen LogP contribution in [0.1, 0.15) is 25.0 Å². The van der Waals surface area contributed by atoms with Crippen molar-refractivity contribution in [3.8, 4) is 0 Å². The van der Waals surface area contributed by atoms with E-state index in [9.17, 15) is 0 Å². The highest BCUT2D eigenvalue weighted by Gasteiger charge is 2.39. The molecule has 0 atom stereocenters. The van der Waals surface area contributed by atoms with Gasteiger partial charge in [0, 0.05) is 18.3 Å². The molecule has 2 rings (SSSR count). The summed E-state index contributed by atoms with van der Waals surface area (Å²) < 4.78 is 2.19. The van der Waals surface area contributed by atoms with Crippen molar-refractivity contribution in [2.75, 3.05) is 14.1 Å². The second-order valence-corrected chi connectivity index (χ2v) is 4.89. The van der Waals surface area contributed by atoms with Crippen molar-refractivity contribution < 1.29 is 0 Å². The molecule has 3 nitrogen and oxygen atoms in total. The zero-order valence-corrected chi connectivity index (χ0v) is 10.2. The number of likely N-dealkylation sites (N-methyl/N-ethyl adjacent to an activating group) is 1. The minimum atomic E-state index is 0.335. The Morgan fingerprint density at radius 3 is 2.73 bits per heavy atom. The van der Waals surface area contributed by atoms with Crippen LogP contribution in [0.25, 0.3) is 0 Å². The normalized spacial score (nSPS) is 19.2. The van der Waals surface area contributed by atoms with Crippen LogP contribution in [0.5, 0.6) is 0 Å². The summed E-state index contributed by atoms with van der Waals surface area (Å²) in [5.41, 5.74) is 1.45. The van der Waals surface area contributed by atoms with Gasteiger partial charge in [-0.2, -0.15) is 0 Å². The largest absolute Gasteiger partial charge is 0.332 e. The minimum absolute atomic E-state index is 0.335. The number of imidazole rings is 1. The molecule has 0 unspecified atom stereocenters.